The molecule has 0 amide bonds. The molecule has 0 bridgehead atoms. The van der Waals surface area contributed by atoms with E-state index in [9.17, 15) is 16.8 Å². The van der Waals surface area contributed by atoms with Gasteiger partial charge in [0.05, 0.1) is 16.8 Å². The first-order chi connectivity index (χ1) is 9.12. The Bertz CT molecular complexity index is 554. The summed E-state index contributed by atoms with van der Waals surface area (Å²) in [4.78, 5) is 0. The standard InChI is InChI=1S/C12H24N2O4S2/c1-12(2)5-3-6-13-11(12)8-14-20(17,18)10-4-7-19(15,16)9-10/h10-11,13-14H,3-9H2,1-2H3. The number of piperidine rings is 1. The highest BCUT2D eigenvalue weighted by Crippen LogP contribution is 2.30. The third-order valence-corrected chi connectivity index (χ3v) is 8.28. The zero-order valence-corrected chi connectivity index (χ0v) is 13.7. The maximum Gasteiger partial charge on any atom is 0.215 e. The van der Waals surface area contributed by atoms with Crippen molar-refractivity contribution >= 4 is 19.9 Å². The van der Waals surface area contributed by atoms with E-state index in [2.05, 4.69) is 23.9 Å². The second-order valence-electron chi connectivity index (χ2n) is 6.52. The molecule has 2 fully saturated rings. The molecule has 2 saturated heterocycles. The molecule has 8 heteroatoms. The highest BCUT2D eigenvalue weighted by molar-refractivity contribution is 7.95. The van der Waals surface area contributed by atoms with Crippen molar-refractivity contribution in [3.05, 3.63) is 0 Å². The van der Waals surface area contributed by atoms with Crippen molar-refractivity contribution in [3.63, 3.8) is 0 Å². The van der Waals surface area contributed by atoms with Gasteiger partial charge in [0.25, 0.3) is 0 Å². The minimum absolute atomic E-state index is 0.0221. The normalized spacial score (nSPS) is 33.1. The molecule has 2 N–H and O–H groups in total. The Morgan fingerprint density at radius 1 is 1.35 bits per heavy atom. The summed E-state index contributed by atoms with van der Waals surface area (Å²) in [5.41, 5.74) is 0.0442. The fourth-order valence-corrected chi connectivity index (χ4v) is 7.04. The van der Waals surface area contributed by atoms with Crippen LogP contribution in [0.5, 0.6) is 0 Å². The zero-order valence-electron chi connectivity index (χ0n) is 12.1. The fourth-order valence-electron chi connectivity index (χ4n) is 2.94. The number of sulfonamides is 1. The van der Waals surface area contributed by atoms with Gasteiger partial charge in [-0.15, -0.1) is 0 Å². The molecule has 2 aliphatic rings. The van der Waals surface area contributed by atoms with E-state index < -0.39 is 25.1 Å². The lowest BCUT2D eigenvalue weighted by Gasteiger charge is -2.39. The summed E-state index contributed by atoms with van der Waals surface area (Å²) in [5.74, 6) is -0.268. The van der Waals surface area contributed by atoms with Gasteiger partial charge in [0.2, 0.25) is 10.0 Å². The molecule has 2 heterocycles. The predicted molar refractivity (Wildman–Crippen MR) is 78.8 cm³/mol. The summed E-state index contributed by atoms with van der Waals surface area (Å²) >= 11 is 0. The molecule has 2 unspecified atom stereocenters. The van der Waals surface area contributed by atoms with Crippen LogP contribution in [0, 0.1) is 5.41 Å². The molecule has 20 heavy (non-hydrogen) atoms. The first kappa shape index (κ1) is 16.2. The van der Waals surface area contributed by atoms with Crippen molar-refractivity contribution in [1.82, 2.24) is 10.0 Å². The van der Waals surface area contributed by atoms with Gasteiger partial charge in [-0.05, 0) is 31.2 Å². The van der Waals surface area contributed by atoms with Crippen LogP contribution in [-0.2, 0) is 19.9 Å². The summed E-state index contributed by atoms with van der Waals surface area (Å²) in [6.07, 6.45) is 2.36. The van der Waals surface area contributed by atoms with Crippen molar-refractivity contribution in [2.75, 3.05) is 24.6 Å². The van der Waals surface area contributed by atoms with Gasteiger partial charge in [-0.2, -0.15) is 0 Å². The molecule has 0 spiro atoms. The average Bonchev–Trinajstić information content (AvgIpc) is 2.68. The molecule has 2 atom stereocenters. The van der Waals surface area contributed by atoms with E-state index in [1.54, 1.807) is 0 Å². The van der Waals surface area contributed by atoms with Crippen LogP contribution in [-0.4, -0.2) is 52.7 Å². The molecular weight excluding hydrogens is 300 g/mol. The van der Waals surface area contributed by atoms with Crippen molar-refractivity contribution < 1.29 is 16.8 Å². The summed E-state index contributed by atoms with van der Waals surface area (Å²) in [6, 6.07) is 0.0871. The fraction of sp³-hybridized carbons (Fsp3) is 1.00. The summed E-state index contributed by atoms with van der Waals surface area (Å²) in [7, 11) is -6.73. The first-order valence-electron chi connectivity index (χ1n) is 7.05. The maximum atomic E-state index is 12.2. The van der Waals surface area contributed by atoms with Crippen LogP contribution in [0.1, 0.15) is 33.1 Å². The molecule has 0 aromatic rings. The van der Waals surface area contributed by atoms with Crippen molar-refractivity contribution in [3.8, 4) is 0 Å². The SMILES string of the molecule is CC1(C)CCCNC1CNS(=O)(=O)C1CCS(=O)(=O)C1. The molecular formula is C12H24N2O4S2. The third-order valence-electron chi connectivity index (χ3n) is 4.45. The van der Waals surface area contributed by atoms with E-state index in [0.29, 0.717) is 6.54 Å². The Labute approximate surface area is 121 Å². The molecule has 0 aromatic carbocycles. The minimum atomic E-state index is -3.55. The quantitative estimate of drug-likeness (QED) is 0.751. The number of rotatable bonds is 4. The largest absolute Gasteiger partial charge is 0.312 e. The second-order valence-corrected chi connectivity index (χ2v) is 10.8. The second kappa shape index (κ2) is 5.55. The molecule has 2 rings (SSSR count). The molecule has 0 radical (unpaired) electrons. The van der Waals surface area contributed by atoms with Gasteiger partial charge in [0.15, 0.2) is 9.84 Å². The third kappa shape index (κ3) is 3.72. The summed E-state index contributed by atoms with van der Waals surface area (Å²) in [6.45, 7) is 5.47. The van der Waals surface area contributed by atoms with E-state index in [1.807, 2.05) is 0 Å². The molecule has 0 saturated carbocycles. The first-order valence-corrected chi connectivity index (χ1v) is 10.4. The Hall–Kier alpha value is -0.180. The van der Waals surface area contributed by atoms with Crippen LogP contribution in [0.4, 0.5) is 0 Å². The van der Waals surface area contributed by atoms with E-state index in [0.717, 1.165) is 19.4 Å². The van der Waals surface area contributed by atoms with Gasteiger partial charge in [-0.25, -0.2) is 21.6 Å². The van der Waals surface area contributed by atoms with Crippen LogP contribution < -0.4 is 10.0 Å². The van der Waals surface area contributed by atoms with E-state index in [4.69, 9.17) is 0 Å². The lowest BCUT2D eigenvalue weighted by molar-refractivity contribution is 0.181. The lowest BCUT2D eigenvalue weighted by atomic mass is 9.78. The zero-order chi connectivity index (χ0) is 15.0. The maximum absolute atomic E-state index is 12.2. The van der Waals surface area contributed by atoms with Crippen LogP contribution in [0.25, 0.3) is 0 Å². The molecule has 2 aliphatic heterocycles. The number of hydrogen-bond donors (Lipinski definition) is 2. The predicted octanol–water partition coefficient (Wildman–Crippen LogP) is -0.129. The Balaban J connectivity index is 1.96. The van der Waals surface area contributed by atoms with Gasteiger partial charge < -0.3 is 5.32 Å². The highest BCUT2D eigenvalue weighted by atomic mass is 32.2. The van der Waals surface area contributed by atoms with Crippen molar-refractivity contribution in [2.45, 2.75) is 44.4 Å². The smallest absolute Gasteiger partial charge is 0.215 e. The summed E-state index contributed by atoms with van der Waals surface area (Å²) < 4.78 is 49.7. The Morgan fingerprint density at radius 3 is 2.60 bits per heavy atom. The number of sulfone groups is 1. The molecule has 0 aliphatic carbocycles. The molecule has 6 nitrogen and oxygen atoms in total. The minimum Gasteiger partial charge on any atom is -0.312 e. The van der Waals surface area contributed by atoms with Crippen LogP contribution in [0.3, 0.4) is 0 Å². The highest BCUT2D eigenvalue weighted by Gasteiger charge is 2.38. The topological polar surface area (TPSA) is 92.3 Å². The Morgan fingerprint density at radius 2 is 2.05 bits per heavy atom. The molecule has 0 aromatic heterocycles. The average molecular weight is 324 g/mol. The van der Waals surface area contributed by atoms with E-state index >= 15 is 0 Å². The number of nitrogens with one attached hydrogen (secondary N) is 2. The van der Waals surface area contributed by atoms with Gasteiger partial charge in [0.1, 0.15) is 0 Å². The summed E-state index contributed by atoms with van der Waals surface area (Å²) in [5, 5.41) is 2.55. The number of hydrogen-bond acceptors (Lipinski definition) is 5. The van der Waals surface area contributed by atoms with Gasteiger partial charge in [0, 0.05) is 12.6 Å². The van der Waals surface area contributed by atoms with Crippen LogP contribution in [0.15, 0.2) is 0 Å². The lowest BCUT2D eigenvalue weighted by Crippen LogP contribution is -2.53. The van der Waals surface area contributed by atoms with Crippen molar-refractivity contribution in [2.24, 2.45) is 5.41 Å². The van der Waals surface area contributed by atoms with Gasteiger partial charge >= 0.3 is 0 Å². The van der Waals surface area contributed by atoms with Crippen LogP contribution >= 0.6 is 0 Å². The van der Waals surface area contributed by atoms with Crippen molar-refractivity contribution in [1.29, 1.82) is 0 Å². The van der Waals surface area contributed by atoms with Crippen LogP contribution in [0.2, 0.25) is 0 Å². The van der Waals surface area contributed by atoms with Gasteiger partial charge in [-0.1, -0.05) is 13.8 Å². The monoisotopic (exact) mass is 324 g/mol. The Kier molecular flexibility index (Phi) is 4.49. The molecule has 118 valence electrons. The van der Waals surface area contributed by atoms with Gasteiger partial charge in [-0.3, -0.25) is 0 Å². The van der Waals surface area contributed by atoms with E-state index in [-0.39, 0.29) is 29.4 Å². The van der Waals surface area contributed by atoms with E-state index in [1.165, 1.54) is 0 Å².